The first-order valence-electron chi connectivity index (χ1n) is 7.24. The number of ether oxygens (including phenoxy) is 1. The minimum Gasteiger partial charge on any atom is -0.484 e. The van der Waals surface area contributed by atoms with Crippen molar-refractivity contribution < 1.29 is 4.74 Å². The second-order valence-corrected chi connectivity index (χ2v) is 5.82. The summed E-state index contributed by atoms with van der Waals surface area (Å²) in [7, 11) is 0. The Morgan fingerprint density at radius 3 is 3.00 bits per heavy atom. The molecule has 21 heavy (non-hydrogen) atoms. The molecule has 0 saturated carbocycles. The van der Waals surface area contributed by atoms with Crippen molar-refractivity contribution in [3.05, 3.63) is 40.4 Å². The molecule has 0 unspecified atom stereocenters. The molecule has 2 aromatic rings. The molecule has 112 valence electrons. The van der Waals surface area contributed by atoms with Crippen LogP contribution in [0.1, 0.15) is 43.0 Å². The molecule has 6 heteroatoms. The van der Waals surface area contributed by atoms with Gasteiger partial charge in [0.25, 0.3) is 0 Å². The summed E-state index contributed by atoms with van der Waals surface area (Å²) < 4.78 is 7.93. The minimum absolute atomic E-state index is 0.0416. The maximum Gasteiger partial charge on any atom is 0.171 e. The van der Waals surface area contributed by atoms with Crippen LogP contribution >= 0.6 is 11.6 Å². The topological polar surface area (TPSA) is 66.0 Å². The van der Waals surface area contributed by atoms with E-state index in [0.717, 1.165) is 30.2 Å². The van der Waals surface area contributed by atoms with Crippen LogP contribution < -0.4 is 10.5 Å². The third-order valence-electron chi connectivity index (χ3n) is 3.77. The molecular weight excluding hydrogens is 288 g/mol. The van der Waals surface area contributed by atoms with Crippen LogP contribution in [0.5, 0.6) is 5.75 Å². The van der Waals surface area contributed by atoms with E-state index in [-0.39, 0.29) is 6.04 Å². The van der Waals surface area contributed by atoms with E-state index < -0.39 is 0 Å². The summed E-state index contributed by atoms with van der Waals surface area (Å²) in [6.45, 7) is 3.28. The van der Waals surface area contributed by atoms with Gasteiger partial charge in [-0.1, -0.05) is 17.7 Å². The highest BCUT2D eigenvalue weighted by molar-refractivity contribution is 6.32. The van der Waals surface area contributed by atoms with E-state index in [1.54, 1.807) is 0 Å². The van der Waals surface area contributed by atoms with Gasteiger partial charge in [-0.05, 0) is 37.5 Å². The molecule has 5 nitrogen and oxygen atoms in total. The number of aryl methyl sites for hydroxylation is 1. The van der Waals surface area contributed by atoms with Crippen molar-refractivity contribution in [2.24, 2.45) is 5.73 Å². The second kappa shape index (κ2) is 6.03. The van der Waals surface area contributed by atoms with Gasteiger partial charge in [-0.3, -0.25) is 0 Å². The first-order chi connectivity index (χ1) is 10.1. The van der Waals surface area contributed by atoms with Crippen LogP contribution in [-0.2, 0) is 19.6 Å². The van der Waals surface area contributed by atoms with Crippen LogP contribution in [0.4, 0.5) is 0 Å². The van der Waals surface area contributed by atoms with E-state index in [1.807, 2.05) is 25.1 Å². The molecule has 0 spiro atoms. The molecular formula is C15H19ClN4O. The number of nitrogens with two attached hydrogens (primary N) is 1. The van der Waals surface area contributed by atoms with Crippen LogP contribution in [0.15, 0.2) is 18.2 Å². The number of rotatable bonds is 4. The van der Waals surface area contributed by atoms with Gasteiger partial charge in [0, 0.05) is 19.0 Å². The summed E-state index contributed by atoms with van der Waals surface area (Å²) >= 11 is 6.23. The van der Waals surface area contributed by atoms with Crippen LogP contribution in [0, 0.1) is 0 Å². The van der Waals surface area contributed by atoms with Crippen LogP contribution in [0.25, 0.3) is 0 Å². The number of hydrogen-bond acceptors (Lipinski definition) is 4. The Labute approximate surface area is 129 Å². The smallest absolute Gasteiger partial charge is 0.171 e. The minimum atomic E-state index is -0.0416. The highest BCUT2D eigenvalue weighted by Crippen LogP contribution is 2.28. The van der Waals surface area contributed by atoms with Gasteiger partial charge in [0.2, 0.25) is 0 Å². The lowest BCUT2D eigenvalue weighted by atomic mass is 10.1. The third kappa shape index (κ3) is 3.04. The molecule has 2 N–H and O–H groups in total. The Bertz CT molecular complexity index is 639. The summed E-state index contributed by atoms with van der Waals surface area (Å²) in [5.41, 5.74) is 6.83. The fourth-order valence-electron chi connectivity index (χ4n) is 2.53. The molecule has 1 atom stereocenters. The van der Waals surface area contributed by atoms with E-state index in [9.17, 15) is 0 Å². The van der Waals surface area contributed by atoms with Crippen molar-refractivity contribution in [3.8, 4) is 5.75 Å². The standard InChI is InChI=1S/C15H19ClN4O/c1-10(17)11-5-6-13(12(16)8-11)21-9-15-19-18-14-4-2-3-7-20(14)15/h5-6,8,10H,2-4,7,9,17H2,1H3/t10-/m1/s1. The fraction of sp³-hybridized carbons (Fsp3) is 0.467. The van der Waals surface area contributed by atoms with Crippen molar-refractivity contribution in [2.75, 3.05) is 0 Å². The molecule has 0 fully saturated rings. The molecule has 1 aliphatic rings. The summed E-state index contributed by atoms with van der Waals surface area (Å²) in [6, 6.07) is 5.60. The van der Waals surface area contributed by atoms with Gasteiger partial charge in [-0.25, -0.2) is 0 Å². The summed E-state index contributed by atoms with van der Waals surface area (Å²) in [5, 5.41) is 9.00. The largest absolute Gasteiger partial charge is 0.484 e. The Balaban J connectivity index is 1.72. The number of nitrogens with zero attached hydrogens (tertiary/aromatic N) is 3. The number of halogens is 1. The monoisotopic (exact) mass is 306 g/mol. The van der Waals surface area contributed by atoms with Gasteiger partial charge in [-0.15, -0.1) is 10.2 Å². The van der Waals surface area contributed by atoms with Crippen molar-refractivity contribution >= 4 is 11.6 Å². The average Bonchev–Trinajstić information content (AvgIpc) is 2.89. The normalized spacial score (nSPS) is 15.6. The predicted octanol–water partition coefficient (Wildman–Crippen LogP) is 2.87. The maximum atomic E-state index is 6.23. The van der Waals surface area contributed by atoms with Crippen LogP contribution in [0.2, 0.25) is 5.02 Å². The van der Waals surface area contributed by atoms with Crippen molar-refractivity contribution in [1.29, 1.82) is 0 Å². The molecule has 0 amide bonds. The number of fused-ring (bicyclic) bond motifs is 1. The van der Waals surface area contributed by atoms with Crippen molar-refractivity contribution in [3.63, 3.8) is 0 Å². The third-order valence-corrected chi connectivity index (χ3v) is 4.07. The highest BCUT2D eigenvalue weighted by Gasteiger charge is 2.16. The molecule has 3 rings (SSSR count). The molecule has 0 radical (unpaired) electrons. The fourth-order valence-corrected chi connectivity index (χ4v) is 2.78. The lowest BCUT2D eigenvalue weighted by Gasteiger charge is -2.15. The molecule has 0 aliphatic carbocycles. The van der Waals surface area contributed by atoms with E-state index in [0.29, 0.717) is 17.4 Å². The summed E-state index contributed by atoms with van der Waals surface area (Å²) in [4.78, 5) is 0. The van der Waals surface area contributed by atoms with Crippen molar-refractivity contribution in [2.45, 2.75) is 45.4 Å². The molecule has 0 bridgehead atoms. The molecule has 2 heterocycles. The summed E-state index contributed by atoms with van der Waals surface area (Å²) in [5.74, 6) is 2.56. The number of benzene rings is 1. The van der Waals surface area contributed by atoms with E-state index in [1.165, 1.54) is 12.8 Å². The lowest BCUT2D eigenvalue weighted by Crippen LogP contribution is -2.14. The molecule has 0 saturated heterocycles. The zero-order valence-electron chi connectivity index (χ0n) is 12.1. The lowest BCUT2D eigenvalue weighted by molar-refractivity contribution is 0.286. The van der Waals surface area contributed by atoms with E-state index >= 15 is 0 Å². The van der Waals surface area contributed by atoms with Gasteiger partial charge < -0.3 is 15.0 Å². The second-order valence-electron chi connectivity index (χ2n) is 5.41. The summed E-state index contributed by atoms with van der Waals surface area (Å²) in [6.07, 6.45) is 3.35. The zero-order valence-corrected chi connectivity index (χ0v) is 12.8. The Hall–Kier alpha value is -1.59. The molecule has 1 aliphatic heterocycles. The quantitative estimate of drug-likeness (QED) is 0.943. The molecule has 1 aromatic heterocycles. The highest BCUT2D eigenvalue weighted by atomic mass is 35.5. The Morgan fingerprint density at radius 2 is 2.24 bits per heavy atom. The van der Waals surface area contributed by atoms with Gasteiger partial charge >= 0.3 is 0 Å². The van der Waals surface area contributed by atoms with Crippen molar-refractivity contribution in [1.82, 2.24) is 14.8 Å². The first kappa shape index (κ1) is 14.4. The van der Waals surface area contributed by atoms with Gasteiger partial charge in [0.1, 0.15) is 18.2 Å². The average molecular weight is 307 g/mol. The van der Waals surface area contributed by atoms with Gasteiger partial charge in [0.05, 0.1) is 5.02 Å². The Kier molecular flexibility index (Phi) is 4.12. The number of hydrogen-bond donors (Lipinski definition) is 1. The van der Waals surface area contributed by atoms with Crippen LogP contribution in [-0.4, -0.2) is 14.8 Å². The van der Waals surface area contributed by atoms with E-state index in [4.69, 9.17) is 22.1 Å². The number of aromatic nitrogens is 3. The Morgan fingerprint density at radius 1 is 1.38 bits per heavy atom. The predicted molar refractivity (Wildman–Crippen MR) is 81.3 cm³/mol. The van der Waals surface area contributed by atoms with Gasteiger partial charge in [-0.2, -0.15) is 0 Å². The van der Waals surface area contributed by atoms with Gasteiger partial charge in [0.15, 0.2) is 5.82 Å². The zero-order chi connectivity index (χ0) is 14.8. The molecule has 1 aromatic carbocycles. The maximum absolute atomic E-state index is 6.23. The first-order valence-corrected chi connectivity index (χ1v) is 7.61. The van der Waals surface area contributed by atoms with Crippen LogP contribution in [0.3, 0.4) is 0 Å². The SMILES string of the molecule is C[C@@H](N)c1ccc(OCc2nnc3n2CCCC3)c(Cl)c1. The van der Waals surface area contributed by atoms with E-state index in [2.05, 4.69) is 14.8 Å².